The maximum absolute atomic E-state index is 12.9. The second kappa shape index (κ2) is 7.47. The van der Waals surface area contributed by atoms with Gasteiger partial charge in [0, 0.05) is 29.3 Å². The molecule has 0 amide bonds. The monoisotopic (exact) mass is 371 g/mol. The van der Waals surface area contributed by atoms with Crippen molar-refractivity contribution in [1.29, 1.82) is 0 Å². The molecule has 1 aromatic carbocycles. The molecule has 6 heteroatoms. The van der Waals surface area contributed by atoms with Crippen LogP contribution in [0.3, 0.4) is 0 Å². The lowest BCUT2D eigenvalue weighted by Crippen LogP contribution is -2.34. The van der Waals surface area contributed by atoms with Crippen molar-refractivity contribution in [2.45, 2.75) is 52.1 Å². The summed E-state index contributed by atoms with van der Waals surface area (Å²) in [6.07, 6.45) is 1.73. The first-order valence-corrected chi connectivity index (χ1v) is 9.15. The molecule has 1 aliphatic heterocycles. The number of nitrogens with one attached hydrogen (secondary N) is 1. The van der Waals surface area contributed by atoms with Crippen LogP contribution in [0, 0.1) is 0 Å². The van der Waals surface area contributed by atoms with E-state index in [2.05, 4.69) is 5.32 Å². The predicted molar refractivity (Wildman–Crippen MR) is 100 cm³/mol. The number of aromatic hydroxyl groups is 1. The second-order valence-corrected chi connectivity index (χ2v) is 7.15. The second-order valence-electron chi connectivity index (χ2n) is 7.15. The van der Waals surface area contributed by atoms with Crippen LogP contribution in [-0.2, 0) is 14.3 Å². The Morgan fingerprint density at radius 3 is 2.70 bits per heavy atom. The average Bonchev–Trinajstić information content (AvgIpc) is 2.60. The van der Waals surface area contributed by atoms with Crippen molar-refractivity contribution in [2.24, 2.45) is 0 Å². The summed E-state index contributed by atoms with van der Waals surface area (Å²) in [6, 6.07) is 4.91. The molecule has 1 aromatic rings. The summed E-state index contributed by atoms with van der Waals surface area (Å²) in [5.74, 6) is -0.660. The fourth-order valence-electron chi connectivity index (χ4n) is 3.74. The maximum atomic E-state index is 12.9. The van der Waals surface area contributed by atoms with Gasteiger partial charge in [-0.1, -0.05) is 6.07 Å². The van der Waals surface area contributed by atoms with Crippen LogP contribution in [0.2, 0.25) is 0 Å². The van der Waals surface area contributed by atoms with Gasteiger partial charge in [-0.15, -0.1) is 0 Å². The first-order chi connectivity index (χ1) is 12.8. The topological polar surface area (TPSA) is 84.9 Å². The minimum absolute atomic E-state index is 0.00590. The van der Waals surface area contributed by atoms with Crippen LogP contribution in [-0.4, -0.2) is 30.1 Å². The first-order valence-electron chi connectivity index (χ1n) is 9.15. The number of dihydropyridines is 1. The molecule has 0 radical (unpaired) electrons. The number of ketones is 1. The molecule has 1 atom stereocenters. The summed E-state index contributed by atoms with van der Waals surface area (Å²) in [5.41, 5.74) is 3.29. The number of hydrogen-bond acceptors (Lipinski definition) is 6. The third kappa shape index (κ3) is 3.56. The van der Waals surface area contributed by atoms with E-state index in [1.807, 2.05) is 6.92 Å². The molecule has 6 nitrogen and oxygen atoms in total. The molecule has 0 saturated heterocycles. The number of carbonyl (C=O) groups excluding carboxylic acids is 2. The normalized spacial score (nSPS) is 19.7. The fourth-order valence-corrected chi connectivity index (χ4v) is 3.74. The smallest absolute Gasteiger partial charge is 0.337 e. The van der Waals surface area contributed by atoms with E-state index in [0.29, 0.717) is 34.6 Å². The Bertz CT molecular complexity index is 850. The number of methoxy groups -OCH3 is 1. The van der Waals surface area contributed by atoms with E-state index >= 15 is 0 Å². The molecule has 0 spiro atoms. The molecule has 0 fully saturated rings. The lowest BCUT2D eigenvalue weighted by Gasteiger charge is -2.34. The highest BCUT2D eigenvalue weighted by Gasteiger charge is 2.39. The van der Waals surface area contributed by atoms with Gasteiger partial charge in [-0.05, 0) is 51.3 Å². The van der Waals surface area contributed by atoms with E-state index in [9.17, 15) is 14.7 Å². The van der Waals surface area contributed by atoms with E-state index in [1.165, 1.54) is 13.2 Å². The Balaban J connectivity index is 2.17. The van der Waals surface area contributed by atoms with Crippen molar-refractivity contribution in [3.8, 4) is 11.5 Å². The number of allylic oxidation sites excluding steroid dienone is 3. The summed E-state index contributed by atoms with van der Waals surface area (Å²) in [4.78, 5) is 25.6. The Labute approximate surface area is 158 Å². The molecule has 0 aromatic heterocycles. The number of benzene rings is 1. The molecule has 2 aliphatic rings. The van der Waals surface area contributed by atoms with Crippen LogP contribution >= 0.6 is 0 Å². The minimum atomic E-state index is -0.546. The van der Waals surface area contributed by atoms with E-state index < -0.39 is 11.9 Å². The van der Waals surface area contributed by atoms with Crippen LogP contribution in [0.5, 0.6) is 11.5 Å². The lowest BCUT2D eigenvalue weighted by molar-refractivity contribution is -0.143. The van der Waals surface area contributed by atoms with Crippen molar-refractivity contribution in [2.75, 3.05) is 7.11 Å². The molecule has 2 N–H and O–H groups in total. The molecule has 144 valence electrons. The summed E-state index contributed by atoms with van der Waals surface area (Å²) < 4.78 is 10.7. The third-order valence-corrected chi connectivity index (χ3v) is 4.88. The van der Waals surface area contributed by atoms with Crippen molar-refractivity contribution in [3.05, 3.63) is 46.3 Å². The standard InChI is InChI=1S/C21H25NO5/c1-11(2)27-21(25)18-12(3)22-14-6-5-7-16(24)20(14)19(18)13-8-9-15(23)17(10-13)26-4/h8-11,19,22-23H,5-7H2,1-4H3/t19-/m1/s1. The van der Waals surface area contributed by atoms with Gasteiger partial charge < -0.3 is 19.9 Å². The summed E-state index contributed by atoms with van der Waals surface area (Å²) in [5, 5.41) is 13.2. The van der Waals surface area contributed by atoms with Crippen molar-refractivity contribution in [1.82, 2.24) is 5.32 Å². The van der Waals surface area contributed by atoms with Gasteiger partial charge in [0.25, 0.3) is 0 Å². The maximum Gasteiger partial charge on any atom is 0.337 e. The van der Waals surface area contributed by atoms with Crippen LogP contribution in [0.25, 0.3) is 0 Å². The Morgan fingerprint density at radius 2 is 2.04 bits per heavy atom. The average molecular weight is 371 g/mol. The molecular formula is C21H25NO5. The zero-order chi connectivity index (χ0) is 19.7. The number of carbonyl (C=O) groups is 2. The van der Waals surface area contributed by atoms with Gasteiger partial charge in [0.2, 0.25) is 0 Å². The largest absolute Gasteiger partial charge is 0.504 e. The zero-order valence-electron chi connectivity index (χ0n) is 16.1. The molecule has 0 bridgehead atoms. The molecule has 3 rings (SSSR count). The van der Waals surface area contributed by atoms with Crippen LogP contribution < -0.4 is 10.1 Å². The van der Waals surface area contributed by atoms with Crippen molar-refractivity contribution < 1.29 is 24.2 Å². The summed E-state index contributed by atoms with van der Waals surface area (Å²) in [7, 11) is 1.47. The van der Waals surface area contributed by atoms with Gasteiger partial charge in [0.1, 0.15) is 0 Å². The van der Waals surface area contributed by atoms with Gasteiger partial charge in [-0.2, -0.15) is 0 Å². The highest BCUT2D eigenvalue weighted by Crippen LogP contribution is 2.44. The summed E-state index contributed by atoms with van der Waals surface area (Å²) in [6.45, 7) is 5.41. The molecule has 1 aliphatic carbocycles. The van der Waals surface area contributed by atoms with Gasteiger partial charge in [0.15, 0.2) is 17.3 Å². The van der Waals surface area contributed by atoms with E-state index in [4.69, 9.17) is 9.47 Å². The SMILES string of the molecule is COc1cc([C@@H]2C(C(=O)OC(C)C)=C(C)NC3=C2C(=O)CCC3)ccc1O. The number of rotatable bonds is 4. The van der Waals surface area contributed by atoms with Crippen LogP contribution in [0.1, 0.15) is 51.5 Å². The van der Waals surface area contributed by atoms with E-state index in [0.717, 1.165) is 18.5 Å². The third-order valence-electron chi connectivity index (χ3n) is 4.88. The van der Waals surface area contributed by atoms with Crippen molar-refractivity contribution >= 4 is 11.8 Å². The van der Waals surface area contributed by atoms with E-state index in [1.54, 1.807) is 26.0 Å². The van der Waals surface area contributed by atoms with Crippen LogP contribution in [0.4, 0.5) is 0 Å². The molecular weight excluding hydrogens is 346 g/mol. The minimum Gasteiger partial charge on any atom is -0.504 e. The Kier molecular flexibility index (Phi) is 5.26. The Hall–Kier alpha value is -2.76. The number of phenols is 1. The molecule has 1 heterocycles. The predicted octanol–water partition coefficient (Wildman–Crippen LogP) is 3.32. The molecule has 0 unspecified atom stereocenters. The highest BCUT2D eigenvalue weighted by molar-refractivity contribution is 6.03. The van der Waals surface area contributed by atoms with Gasteiger partial charge >= 0.3 is 5.97 Å². The van der Waals surface area contributed by atoms with Crippen LogP contribution in [0.15, 0.2) is 40.7 Å². The first kappa shape index (κ1) is 19.0. The lowest BCUT2D eigenvalue weighted by atomic mass is 9.75. The number of hydrogen-bond donors (Lipinski definition) is 2. The van der Waals surface area contributed by atoms with Gasteiger partial charge in [-0.25, -0.2) is 4.79 Å². The number of phenolic OH excluding ortho intramolecular Hbond substituents is 1. The quantitative estimate of drug-likeness (QED) is 0.790. The number of esters is 1. The zero-order valence-corrected chi connectivity index (χ0v) is 16.1. The number of Topliss-reactive ketones (excluding diaryl/α,β-unsaturated/α-hetero) is 1. The van der Waals surface area contributed by atoms with E-state index in [-0.39, 0.29) is 17.6 Å². The van der Waals surface area contributed by atoms with Gasteiger partial charge in [-0.3, -0.25) is 4.79 Å². The Morgan fingerprint density at radius 1 is 1.30 bits per heavy atom. The van der Waals surface area contributed by atoms with Crippen molar-refractivity contribution in [3.63, 3.8) is 0 Å². The molecule has 27 heavy (non-hydrogen) atoms. The highest BCUT2D eigenvalue weighted by atomic mass is 16.5. The number of ether oxygens (including phenoxy) is 2. The van der Waals surface area contributed by atoms with Gasteiger partial charge in [0.05, 0.1) is 18.8 Å². The summed E-state index contributed by atoms with van der Waals surface area (Å²) >= 11 is 0. The fraction of sp³-hybridized carbons (Fsp3) is 0.429. The molecule has 0 saturated carbocycles.